The number of nitriles is 1. The van der Waals surface area contributed by atoms with E-state index in [-0.39, 0.29) is 11.5 Å². The van der Waals surface area contributed by atoms with Gasteiger partial charge in [-0.05, 0) is 35.1 Å². The summed E-state index contributed by atoms with van der Waals surface area (Å²) < 4.78 is 0. The summed E-state index contributed by atoms with van der Waals surface area (Å²) >= 11 is 0. The van der Waals surface area contributed by atoms with Crippen LogP contribution in [0.4, 0.5) is 5.69 Å². The van der Waals surface area contributed by atoms with Crippen LogP contribution in [0, 0.1) is 17.2 Å². The molecule has 0 unspecified atom stereocenters. The monoisotopic (exact) mass is 274 g/mol. The highest BCUT2D eigenvalue weighted by Gasteiger charge is 2.57. The smallest absolute Gasteiger partial charge is 0.130 e. The fourth-order valence-electron chi connectivity index (χ4n) is 4.60. The highest BCUT2D eigenvalue weighted by molar-refractivity contribution is 5.71. The average molecular weight is 274 g/mol. The number of hydrogen-bond acceptors (Lipinski definition) is 2. The topological polar surface area (TPSA) is 27.0 Å². The fraction of sp³-hybridized carbons (Fsp3) is 0.316. The van der Waals surface area contributed by atoms with Gasteiger partial charge in [0.15, 0.2) is 0 Å². The fourth-order valence-corrected chi connectivity index (χ4v) is 4.60. The summed E-state index contributed by atoms with van der Waals surface area (Å²) in [6.45, 7) is 2.29. The van der Waals surface area contributed by atoms with Crippen LogP contribution in [0.3, 0.4) is 0 Å². The first-order valence-electron chi connectivity index (χ1n) is 7.51. The lowest BCUT2D eigenvalue weighted by Gasteiger charge is -2.35. The predicted molar refractivity (Wildman–Crippen MR) is 84.3 cm³/mol. The third kappa shape index (κ3) is 1.32. The van der Waals surface area contributed by atoms with Gasteiger partial charge in [-0.25, -0.2) is 0 Å². The Morgan fingerprint density at radius 2 is 1.76 bits per heavy atom. The molecule has 0 radical (unpaired) electrons. The van der Waals surface area contributed by atoms with E-state index in [4.69, 9.17) is 0 Å². The van der Waals surface area contributed by atoms with Crippen molar-refractivity contribution in [2.24, 2.45) is 5.92 Å². The predicted octanol–water partition coefficient (Wildman–Crippen LogP) is 3.51. The first-order valence-corrected chi connectivity index (χ1v) is 7.51. The molecule has 21 heavy (non-hydrogen) atoms. The highest BCUT2D eigenvalue weighted by atomic mass is 15.2. The SMILES string of the molecule is C[C@H]1Cc2ccccc2[C@]12c1ccccc1N(C)[C@H]2C#N. The summed E-state index contributed by atoms with van der Waals surface area (Å²) in [6, 6.07) is 19.6. The Labute approximate surface area is 125 Å². The van der Waals surface area contributed by atoms with Crippen molar-refractivity contribution in [3.63, 3.8) is 0 Å². The highest BCUT2D eigenvalue weighted by Crippen LogP contribution is 2.57. The van der Waals surface area contributed by atoms with Gasteiger partial charge in [-0.15, -0.1) is 0 Å². The molecule has 0 N–H and O–H groups in total. The Kier molecular flexibility index (Phi) is 2.44. The number of para-hydroxylation sites is 1. The lowest BCUT2D eigenvalue weighted by atomic mass is 9.67. The minimum atomic E-state index is -0.184. The number of fused-ring (bicyclic) bond motifs is 4. The minimum absolute atomic E-state index is 0.131. The van der Waals surface area contributed by atoms with Gasteiger partial charge < -0.3 is 4.90 Å². The molecule has 0 saturated carbocycles. The third-order valence-electron chi connectivity index (χ3n) is 5.44. The standard InChI is InChI=1S/C19H18N2/c1-13-11-14-7-3-4-8-15(14)19(13)16-9-5-6-10-17(16)21(2)18(19)12-20/h3-10,13,18H,11H2,1-2H3/t13-,18-,19-/m0/s1. The molecule has 1 spiro atoms. The molecule has 1 aliphatic carbocycles. The molecule has 2 aromatic carbocycles. The lowest BCUT2D eigenvalue weighted by Crippen LogP contribution is -2.45. The van der Waals surface area contributed by atoms with Crippen molar-refractivity contribution < 1.29 is 0 Å². The maximum Gasteiger partial charge on any atom is 0.130 e. The zero-order valence-corrected chi connectivity index (χ0v) is 12.4. The van der Waals surface area contributed by atoms with E-state index >= 15 is 0 Å². The van der Waals surface area contributed by atoms with Crippen molar-refractivity contribution in [3.8, 4) is 6.07 Å². The largest absolute Gasteiger partial charge is 0.358 e. The number of rotatable bonds is 0. The zero-order valence-electron chi connectivity index (χ0n) is 12.4. The summed E-state index contributed by atoms with van der Waals surface area (Å²) in [4.78, 5) is 2.16. The second-order valence-corrected chi connectivity index (χ2v) is 6.29. The molecule has 2 heteroatoms. The molecule has 3 atom stereocenters. The molecule has 2 aliphatic rings. The average Bonchev–Trinajstić information content (AvgIpc) is 2.95. The van der Waals surface area contributed by atoms with Gasteiger partial charge in [-0.2, -0.15) is 5.26 Å². The van der Waals surface area contributed by atoms with Crippen molar-refractivity contribution in [1.29, 1.82) is 5.26 Å². The second kappa shape index (κ2) is 4.11. The van der Waals surface area contributed by atoms with E-state index in [2.05, 4.69) is 73.5 Å². The number of benzene rings is 2. The van der Waals surface area contributed by atoms with Gasteiger partial charge in [-0.1, -0.05) is 49.4 Å². The van der Waals surface area contributed by atoms with E-state index in [0.717, 1.165) is 6.42 Å². The molecule has 0 amide bonds. The Morgan fingerprint density at radius 3 is 2.52 bits per heavy atom. The number of nitrogens with zero attached hydrogens (tertiary/aromatic N) is 2. The summed E-state index contributed by atoms with van der Waals surface area (Å²) in [5.74, 6) is 0.436. The Morgan fingerprint density at radius 1 is 1.10 bits per heavy atom. The van der Waals surface area contributed by atoms with Crippen LogP contribution in [0.2, 0.25) is 0 Å². The van der Waals surface area contributed by atoms with Gasteiger partial charge in [0, 0.05) is 12.7 Å². The van der Waals surface area contributed by atoms with Crippen LogP contribution in [0.5, 0.6) is 0 Å². The maximum absolute atomic E-state index is 9.89. The van der Waals surface area contributed by atoms with Gasteiger partial charge in [0.25, 0.3) is 0 Å². The molecule has 2 aromatic rings. The van der Waals surface area contributed by atoms with Crippen LogP contribution in [0.1, 0.15) is 23.6 Å². The summed E-state index contributed by atoms with van der Waals surface area (Å²) in [6.07, 6.45) is 1.05. The van der Waals surface area contributed by atoms with Gasteiger partial charge in [0.2, 0.25) is 0 Å². The van der Waals surface area contributed by atoms with E-state index in [1.54, 1.807) is 0 Å². The molecule has 104 valence electrons. The molecule has 2 nitrogen and oxygen atoms in total. The number of hydrogen-bond donors (Lipinski definition) is 0. The van der Waals surface area contributed by atoms with E-state index < -0.39 is 0 Å². The molecule has 4 rings (SSSR count). The molecule has 1 heterocycles. The maximum atomic E-state index is 9.89. The van der Waals surface area contributed by atoms with Crippen molar-refractivity contribution in [2.75, 3.05) is 11.9 Å². The van der Waals surface area contributed by atoms with E-state index in [1.807, 2.05) is 0 Å². The van der Waals surface area contributed by atoms with Crippen molar-refractivity contribution in [2.45, 2.75) is 24.8 Å². The van der Waals surface area contributed by atoms with Gasteiger partial charge in [0.1, 0.15) is 6.04 Å². The second-order valence-electron chi connectivity index (χ2n) is 6.29. The minimum Gasteiger partial charge on any atom is -0.358 e. The van der Waals surface area contributed by atoms with Crippen molar-refractivity contribution >= 4 is 5.69 Å². The van der Waals surface area contributed by atoms with Crippen molar-refractivity contribution in [1.82, 2.24) is 0 Å². The van der Waals surface area contributed by atoms with E-state index in [0.29, 0.717) is 5.92 Å². The molecule has 0 bridgehead atoms. The van der Waals surface area contributed by atoms with Crippen LogP contribution < -0.4 is 4.90 Å². The lowest BCUT2D eigenvalue weighted by molar-refractivity contribution is 0.363. The summed E-state index contributed by atoms with van der Waals surface area (Å²) in [5.41, 5.74) is 5.08. The Hall–Kier alpha value is -2.27. The molecular weight excluding hydrogens is 256 g/mol. The number of anilines is 1. The van der Waals surface area contributed by atoms with E-state index in [9.17, 15) is 5.26 Å². The van der Waals surface area contributed by atoms with Crippen LogP contribution in [0.25, 0.3) is 0 Å². The van der Waals surface area contributed by atoms with Crippen LogP contribution in [-0.2, 0) is 11.8 Å². The van der Waals surface area contributed by atoms with Crippen molar-refractivity contribution in [3.05, 3.63) is 65.2 Å². The molecular formula is C19H18N2. The van der Waals surface area contributed by atoms with Crippen LogP contribution in [-0.4, -0.2) is 13.1 Å². The summed E-state index contributed by atoms with van der Waals surface area (Å²) in [5, 5.41) is 9.89. The van der Waals surface area contributed by atoms with Gasteiger partial charge in [-0.3, -0.25) is 0 Å². The van der Waals surface area contributed by atoms with Crippen LogP contribution >= 0.6 is 0 Å². The Balaban J connectivity index is 2.09. The van der Waals surface area contributed by atoms with Crippen LogP contribution in [0.15, 0.2) is 48.5 Å². The molecule has 0 fully saturated rings. The quantitative estimate of drug-likeness (QED) is 0.735. The normalized spacial score (nSPS) is 29.3. The number of likely N-dealkylation sites (N-methyl/N-ethyl adjacent to an activating group) is 1. The van der Waals surface area contributed by atoms with Gasteiger partial charge in [0.05, 0.1) is 11.5 Å². The van der Waals surface area contributed by atoms with Gasteiger partial charge >= 0.3 is 0 Å². The Bertz CT molecular complexity index is 758. The molecule has 1 aliphatic heterocycles. The molecule has 0 aromatic heterocycles. The zero-order chi connectivity index (χ0) is 14.6. The molecule has 0 saturated heterocycles. The van der Waals surface area contributed by atoms with E-state index in [1.165, 1.54) is 22.4 Å². The first kappa shape index (κ1) is 12.5. The summed E-state index contributed by atoms with van der Waals surface area (Å²) in [7, 11) is 2.05. The third-order valence-corrected chi connectivity index (χ3v) is 5.44. The first-order chi connectivity index (χ1) is 10.2.